The molecule has 0 amide bonds. The summed E-state index contributed by atoms with van der Waals surface area (Å²) in [6, 6.07) is 4.20. The molecule has 1 aromatic carbocycles. The molecular formula is C13H14N4O4. The van der Waals surface area contributed by atoms with Crippen LogP contribution in [-0.4, -0.2) is 25.8 Å². The first-order valence-electron chi connectivity index (χ1n) is 6.14. The number of nitro groups is 1. The molecule has 110 valence electrons. The molecule has 8 nitrogen and oxygen atoms in total. The first-order chi connectivity index (χ1) is 9.90. The Balaban J connectivity index is 2.32. The molecule has 2 rings (SSSR count). The first-order valence-corrected chi connectivity index (χ1v) is 6.14. The van der Waals surface area contributed by atoms with E-state index < -0.39 is 16.6 Å². The van der Waals surface area contributed by atoms with E-state index in [1.807, 2.05) is 6.92 Å². The van der Waals surface area contributed by atoms with E-state index in [2.05, 4.69) is 10.4 Å². The molecule has 1 aromatic heterocycles. The number of carbonyl (C=O) groups is 1. The molecule has 8 heteroatoms. The van der Waals surface area contributed by atoms with Gasteiger partial charge in [0.1, 0.15) is 5.56 Å². The van der Waals surface area contributed by atoms with Crippen molar-refractivity contribution in [2.75, 3.05) is 5.32 Å². The number of aromatic carboxylic acids is 1. The zero-order chi connectivity index (χ0) is 15.6. The van der Waals surface area contributed by atoms with E-state index in [1.165, 1.54) is 12.1 Å². The van der Waals surface area contributed by atoms with Gasteiger partial charge < -0.3 is 10.4 Å². The second kappa shape index (κ2) is 5.61. The minimum Gasteiger partial charge on any atom is -0.477 e. The molecule has 0 aliphatic rings. The molecule has 2 N–H and O–H groups in total. The van der Waals surface area contributed by atoms with Gasteiger partial charge in [0.2, 0.25) is 0 Å². The van der Waals surface area contributed by atoms with E-state index in [0.29, 0.717) is 5.56 Å². The van der Waals surface area contributed by atoms with Crippen molar-refractivity contribution in [1.29, 1.82) is 0 Å². The molecule has 2 aromatic rings. The molecule has 0 fully saturated rings. The van der Waals surface area contributed by atoms with E-state index in [0.717, 1.165) is 11.4 Å². The number of aromatic nitrogens is 2. The molecule has 1 heterocycles. The van der Waals surface area contributed by atoms with E-state index in [9.17, 15) is 20.0 Å². The van der Waals surface area contributed by atoms with E-state index >= 15 is 0 Å². The Morgan fingerprint density at radius 3 is 2.76 bits per heavy atom. The first kappa shape index (κ1) is 14.5. The topological polar surface area (TPSA) is 110 Å². The summed E-state index contributed by atoms with van der Waals surface area (Å²) in [5.74, 6) is -1.32. The van der Waals surface area contributed by atoms with Crippen LogP contribution in [-0.2, 0) is 13.6 Å². The predicted octanol–water partition coefficient (Wildman–Crippen LogP) is 1.95. The van der Waals surface area contributed by atoms with Gasteiger partial charge in [0.05, 0.1) is 16.3 Å². The van der Waals surface area contributed by atoms with E-state index in [-0.39, 0.29) is 12.1 Å². The number of rotatable bonds is 5. The lowest BCUT2D eigenvalue weighted by atomic mass is 10.1. The van der Waals surface area contributed by atoms with Gasteiger partial charge in [-0.25, -0.2) is 4.79 Å². The largest absolute Gasteiger partial charge is 0.477 e. The van der Waals surface area contributed by atoms with Crippen molar-refractivity contribution in [2.45, 2.75) is 13.5 Å². The van der Waals surface area contributed by atoms with Gasteiger partial charge in [0.15, 0.2) is 0 Å². The number of nitrogens with one attached hydrogen (secondary N) is 1. The second-order valence-electron chi connectivity index (χ2n) is 4.53. The lowest BCUT2D eigenvalue weighted by Gasteiger charge is -2.08. The third-order valence-corrected chi connectivity index (χ3v) is 3.02. The zero-order valence-electron chi connectivity index (χ0n) is 11.5. The number of hydrogen-bond acceptors (Lipinski definition) is 5. The zero-order valence-corrected chi connectivity index (χ0v) is 11.5. The van der Waals surface area contributed by atoms with Crippen LogP contribution in [0.4, 0.5) is 11.4 Å². The maximum atomic E-state index is 11.3. The smallest absolute Gasteiger partial charge is 0.343 e. The Hall–Kier alpha value is -2.90. The molecule has 0 aliphatic heterocycles. The fourth-order valence-electron chi connectivity index (χ4n) is 2.10. The second-order valence-corrected chi connectivity index (χ2v) is 4.53. The van der Waals surface area contributed by atoms with Crippen LogP contribution in [0.3, 0.4) is 0 Å². The fourth-order valence-corrected chi connectivity index (χ4v) is 2.10. The van der Waals surface area contributed by atoms with Crippen LogP contribution >= 0.6 is 0 Å². The van der Waals surface area contributed by atoms with Gasteiger partial charge in [-0.1, -0.05) is 12.1 Å². The number of benzene rings is 1. The Labute approximate surface area is 120 Å². The highest BCUT2D eigenvalue weighted by atomic mass is 16.6. The quantitative estimate of drug-likeness (QED) is 0.643. The number of aryl methyl sites for hydroxylation is 2. The maximum absolute atomic E-state index is 11.3. The van der Waals surface area contributed by atoms with Crippen molar-refractivity contribution in [3.05, 3.63) is 51.3 Å². The van der Waals surface area contributed by atoms with E-state index in [1.54, 1.807) is 24.0 Å². The Morgan fingerprint density at radius 2 is 2.24 bits per heavy atom. The van der Waals surface area contributed by atoms with Gasteiger partial charge in [-0.3, -0.25) is 14.8 Å². The maximum Gasteiger partial charge on any atom is 0.343 e. The van der Waals surface area contributed by atoms with Crippen molar-refractivity contribution < 1.29 is 14.8 Å². The van der Waals surface area contributed by atoms with Crippen molar-refractivity contribution in [2.24, 2.45) is 7.05 Å². The molecule has 0 spiro atoms. The minimum absolute atomic E-state index is 0.163. The van der Waals surface area contributed by atoms with Crippen molar-refractivity contribution in [3.8, 4) is 0 Å². The summed E-state index contributed by atoms with van der Waals surface area (Å²) in [4.78, 5) is 21.5. The van der Waals surface area contributed by atoms with Crippen LogP contribution in [0.15, 0.2) is 24.4 Å². The lowest BCUT2D eigenvalue weighted by Crippen LogP contribution is -2.10. The van der Waals surface area contributed by atoms with Crippen LogP contribution in [0.25, 0.3) is 0 Å². The highest BCUT2D eigenvalue weighted by Gasteiger charge is 2.23. The van der Waals surface area contributed by atoms with Crippen LogP contribution in [0.1, 0.15) is 21.6 Å². The van der Waals surface area contributed by atoms with Gasteiger partial charge in [-0.2, -0.15) is 5.10 Å². The van der Waals surface area contributed by atoms with Crippen molar-refractivity contribution in [3.63, 3.8) is 0 Å². The fraction of sp³-hybridized carbons (Fsp3) is 0.231. The van der Waals surface area contributed by atoms with Crippen LogP contribution in [0.2, 0.25) is 0 Å². The average Bonchev–Trinajstić information content (AvgIpc) is 2.73. The summed E-state index contributed by atoms with van der Waals surface area (Å²) in [5.41, 5.74) is 1.15. The monoisotopic (exact) mass is 290 g/mol. The number of hydrogen-bond donors (Lipinski definition) is 2. The van der Waals surface area contributed by atoms with Gasteiger partial charge in [0, 0.05) is 25.9 Å². The summed E-state index contributed by atoms with van der Waals surface area (Å²) >= 11 is 0. The van der Waals surface area contributed by atoms with Crippen LogP contribution in [0.5, 0.6) is 0 Å². The third kappa shape index (κ3) is 2.99. The predicted molar refractivity (Wildman–Crippen MR) is 75.3 cm³/mol. The Bertz CT molecular complexity index is 708. The number of nitro benzene ring substituents is 1. The van der Waals surface area contributed by atoms with Crippen LogP contribution in [0, 0.1) is 17.0 Å². The molecule has 0 radical (unpaired) electrons. The number of anilines is 1. The van der Waals surface area contributed by atoms with Crippen LogP contribution < -0.4 is 5.32 Å². The number of nitrogens with zero attached hydrogens (tertiary/aromatic N) is 3. The minimum atomic E-state index is -1.32. The standard InChI is InChI=1S/C13H14N4O4/c1-8-10(7-16(2)15-8)14-6-9-4-3-5-11(17(20)21)12(9)13(18)19/h3-5,7,14H,6H2,1-2H3,(H,18,19). The van der Waals surface area contributed by atoms with Gasteiger partial charge in [0.25, 0.3) is 5.69 Å². The Morgan fingerprint density at radius 1 is 1.52 bits per heavy atom. The van der Waals surface area contributed by atoms with E-state index in [4.69, 9.17) is 0 Å². The molecule has 0 bridgehead atoms. The average molecular weight is 290 g/mol. The summed E-state index contributed by atoms with van der Waals surface area (Å²) in [7, 11) is 1.77. The number of carboxylic acids is 1. The highest BCUT2D eigenvalue weighted by molar-refractivity contribution is 5.94. The molecule has 0 unspecified atom stereocenters. The third-order valence-electron chi connectivity index (χ3n) is 3.02. The van der Waals surface area contributed by atoms with Gasteiger partial charge in [-0.05, 0) is 12.5 Å². The van der Waals surface area contributed by atoms with Gasteiger partial charge >= 0.3 is 5.97 Å². The molecular weight excluding hydrogens is 276 g/mol. The summed E-state index contributed by atoms with van der Waals surface area (Å²) in [5, 5.41) is 27.3. The molecule has 0 aliphatic carbocycles. The molecule has 21 heavy (non-hydrogen) atoms. The molecule has 0 saturated heterocycles. The van der Waals surface area contributed by atoms with Gasteiger partial charge in [-0.15, -0.1) is 0 Å². The lowest BCUT2D eigenvalue weighted by molar-refractivity contribution is -0.385. The SMILES string of the molecule is Cc1nn(C)cc1NCc1cccc([N+](=O)[O-])c1C(=O)O. The molecule has 0 saturated carbocycles. The Kier molecular flexibility index (Phi) is 3.88. The normalized spacial score (nSPS) is 10.4. The summed E-state index contributed by atoms with van der Waals surface area (Å²) in [6.45, 7) is 1.98. The number of carboxylic acid groups (broad SMARTS) is 1. The molecule has 0 atom stereocenters. The van der Waals surface area contributed by atoms with Crippen molar-refractivity contribution in [1.82, 2.24) is 9.78 Å². The van der Waals surface area contributed by atoms with Crippen molar-refractivity contribution >= 4 is 17.3 Å². The summed E-state index contributed by atoms with van der Waals surface area (Å²) in [6.07, 6.45) is 1.76. The highest BCUT2D eigenvalue weighted by Crippen LogP contribution is 2.23. The summed E-state index contributed by atoms with van der Waals surface area (Å²) < 4.78 is 1.63.